The van der Waals surface area contributed by atoms with Gasteiger partial charge in [0, 0.05) is 31.4 Å². The minimum absolute atomic E-state index is 0.195. The molecule has 3 rings (SSSR count). The summed E-state index contributed by atoms with van der Waals surface area (Å²) >= 11 is 0. The van der Waals surface area contributed by atoms with Gasteiger partial charge >= 0.3 is 0 Å². The fourth-order valence-electron chi connectivity index (χ4n) is 2.92. The van der Waals surface area contributed by atoms with Crippen LogP contribution in [0.4, 0.5) is 0 Å². The number of hydrogen-bond donors (Lipinski definition) is 1. The molecule has 0 radical (unpaired) electrons. The van der Waals surface area contributed by atoms with Gasteiger partial charge in [-0.3, -0.25) is 4.98 Å². The lowest BCUT2D eigenvalue weighted by molar-refractivity contribution is 0.159. The molecule has 1 aromatic carbocycles. The summed E-state index contributed by atoms with van der Waals surface area (Å²) in [5, 5.41) is 9.13. The topological polar surface area (TPSA) is 58.5 Å². The molecule has 22 heavy (non-hydrogen) atoms. The Morgan fingerprint density at radius 2 is 2.00 bits per heavy atom. The van der Waals surface area contributed by atoms with Crippen LogP contribution in [-0.2, 0) is 0 Å². The van der Waals surface area contributed by atoms with Gasteiger partial charge in [0.05, 0.1) is 6.61 Å². The average molecular weight is 299 g/mol. The summed E-state index contributed by atoms with van der Waals surface area (Å²) in [7, 11) is 0. The molecule has 0 aliphatic carbocycles. The molecule has 0 bridgehead atoms. The predicted octanol–water partition coefficient (Wildman–Crippen LogP) is 2.44. The monoisotopic (exact) mass is 299 g/mol. The Morgan fingerprint density at radius 1 is 1.18 bits per heavy atom. The van der Waals surface area contributed by atoms with Crippen LogP contribution in [0, 0.1) is 0 Å². The van der Waals surface area contributed by atoms with Crippen molar-refractivity contribution in [2.75, 3.05) is 26.2 Å². The van der Waals surface area contributed by atoms with Gasteiger partial charge in [0.15, 0.2) is 0 Å². The Bertz CT molecular complexity index is 589. The van der Waals surface area contributed by atoms with E-state index >= 15 is 0 Å². The SMILES string of the molecule is OCCN1CCCC(c2nccnc2Oc2ccccc2)C1. The van der Waals surface area contributed by atoms with Gasteiger partial charge in [0.2, 0.25) is 5.88 Å². The average Bonchev–Trinajstić information content (AvgIpc) is 2.57. The highest BCUT2D eigenvalue weighted by Gasteiger charge is 2.25. The van der Waals surface area contributed by atoms with Crippen LogP contribution in [0.1, 0.15) is 24.5 Å². The van der Waals surface area contributed by atoms with Gasteiger partial charge in [-0.1, -0.05) is 18.2 Å². The zero-order valence-corrected chi connectivity index (χ0v) is 12.6. The number of β-amino-alcohol motifs (C(OH)–C–C–N with tert-alkyl or cyclic N) is 1. The maximum Gasteiger partial charge on any atom is 0.241 e. The van der Waals surface area contributed by atoms with E-state index in [1.807, 2.05) is 30.3 Å². The summed E-state index contributed by atoms with van der Waals surface area (Å²) in [6, 6.07) is 9.66. The van der Waals surface area contributed by atoms with Crippen LogP contribution < -0.4 is 4.74 Å². The van der Waals surface area contributed by atoms with Gasteiger partial charge in [-0.25, -0.2) is 4.98 Å². The standard InChI is InChI=1S/C17H21N3O2/c21-12-11-20-10-4-5-14(13-20)16-17(19-9-8-18-16)22-15-6-2-1-3-7-15/h1-3,6-9,14,21H,4-5,10-13H2. The molecule has 1 aromatic heterocycles. The second kappa shape index (κ2) is 7.33. The molecule has 2 aromatic rings. The Hall–Kier alpha value is -1.98. The molecule has 0 amide bonds. The van der Waals surface area contributed by atoms with E-state index in [1.54, 1.807) is 12.4 Å². The van der Waals surface area contributed by atoms with Crippen molar-refractivity contribution in [1.82, 2.24) is 14.9 Å². The number of para-hydroxylation sites is 1. The molecule has 1 saturated heterocycles. The summed E-state index contributed by atoms with van der Waals surface area (Å²) in [5.41, 5.74) is 0.911. The molecule has 1 atom stereocenters. The van der Waals surface area contributed by atoms with Gasteiger partial charge in [-0.05, 0) is 31.5 Å². The first kappa shape index (κ1) is 14.9. The van der Waals surface area contributed by atoms with Crippen molar-refractivity contribution < 1.29 is 9.84 Å². The molecule has 0 spiro atoms. The molecule has 5 heteroatoms. The fourth-order valence-corrected chi connectivity index (χ4v) is 2.92. The van der Waals surface area contributed by atoms with Crippen molar-refractivity contribution in [3.8, 4) is 11.6 Å². The van der Waals surface area contributed by atoms with E-state index in [0.29, 0.717) is 18.3 Å². The quantitative estimate of drug-likeness (QED) is 0.919. The fraction of sp³-hybridized carbons (Fsp3) is 0.412. The van der Waals surface area contributed by atoms with Crippen molar-refractivity contribution in [3.63, 3.8) is 0 Å². The number of aliphatic hydroxyl groups excluding tert-OH is 1. The number of ether oxygens (including phenoxy) is 1. The van der Waals surface area contributed by atoms with Gasteiger partial charge in [0.25, 0.3) is 0 Å². The molecule has 1 fully saturated rings. The first-order valence-corrected chi connectivity index (χ1v) is 7.74. The maximum atomic E-state index is 9.13. The van der Waals surface area contributed by atoms with Crippen LogP contribution >= 0.6 is 0 Å². The lowest BCUT2D eigenvalue weighted by Gasteiger charge is -2.32. The van der Waals surface area contributed by atoms with E-state index in [1.165, 1.54) is 0 Å². The number of benzene rings is 1. The smallest absolute Gasteiger partial charge is 0.241 e. The van der Waals surface area contributed by atoms with Gasteiger partial charge in [-0.2, -0.15) is 0 Å². The Balaban J connectivity index is 1.78. The highest BCUT2D eigenvalue weighted by atomic mass is 16.5. The Kier molecular flexibility index (Phi) is 4.98. The van der Waals surface area contributed by atoms with Crippen molar-refractivity contribution in [2.24, 2.45) is 0 Å². The van der Waals surface area contributed by atoms with E-state index < -0.39 is 0 Å². The number of aliphatic hydroxyl groups is 1. The van der Waals surface area contributed by atoms with Crippen LogP contribution in [0.15, 0.2) is 42.7 Å². The molecule has 1 aliphatic heterocycles. The molecular weight excluding hydrogens is 278 g/mol. The summed E-state index contributed by atoms with van der Waals surface area (Å²) in [6.07, 6.45) is 5.56. The lowest BCUT2D eigenvalue weighted by Crippen LogP contribution is -2.36. The second-order valence-electron chi connectivity index (χ2n) is 5.53. The Morgan fingerprint density at radius 3 is 2.82 bits per heavy atom. The number of piperidine rings is 1. The number of likely N-dealkylation sites (tertiary alicyclic amines) is 1. The highest BCUT2D eigenvalue weighted by Crippen LogP contribution is 2.32. The molecular formula is C17H21N3O2. The molecule has 2 heterocycles. The molecule has 1 N–H and O–H groups in total. The van der Waals surface area contributed by atoms with Gasteiger partial charge < -0.3 is 14.7 Å². The summed E-state index contributed by atoms with van der Waals surface area (Å²) in [6.45, 7) is 2.84. The van der Waals surface area contributed by atoms with Crippen LogP contribution in [0.3, 0.4) is 0 Å². The number of hydrogen-bond acceptors (Lipinski definition) is 5. The van der Waals surface area contributed by atoms with Crippen LogP contribution in [-0.4, -0.2) is 46.2 Å². The second-order valence-corrected chi connectivity index (χ2v) is 5.53. The van der Waals surface area contributed by atoms with Crippen molar-refractivity contribution >= 4 is 0 Å². The van der Waals surface area contributed by atoms with Gasteiger partial charge in [-0.15, -0.1) is 0 Å². The third kappa shape index (κ3) is 3.61. The lowest BCUT2D eigenvalue weighted by atomic mass is 9.94. The highest BCUT2D eigenvalue weighted by molar-refractivity contribution is 5.30. The normalized spacial score (nSPS) is 19.0. The zero-order chi connectivity index (χ0) is 15.2. The summed E-state index contributed by atoms with van der Waals surface area (Å²) < 4.78 is 5.92. The maximum absolute atomic E-state index is 9.13. The zero-order valence-electron chi connectivity index (χ0n) is 12.6. The largest absolute Gasteiger partial charge is 0.437 e. The predicted molar refractivity (Wildman–Crippen MR) is 84.0 cm³/mol. The van der Waals surface area contributed by atoms with Crippen LogP contribution in [0.2, 0.25) is 0 Å². The van der Waals surface area contributed by atoms with E-state index in [4.69, 9.17) is 9.84 Å². The third-order valence-electron chi connectivity index (χ3n) is 3.96. The number of nitrogens with zero attached hydrogens (tertiary/aromatic N) is 3. The van der Waals surface area contributed by atoms with E-state index in [0.717, 1.165) is 37.4 Å². The van der Waals surface area contributed by atoms with Crippen molar-refractivity contribution in [3.05, 3.63) is 48.4 Å². The summed E-state index contributed by atoms with van der Waals surface area (Å²) in [5.74, 6) is 1.66. The molecule has 0 saturated carbocycles. The summed E-state index contributed by atoms with van der Waals surface area (Å²) in [4.78, 5) is 11.2. The molecule has 1 aliphatic rings. The minimum atomic E-state index is 0.195. The first-order chi connectivity index (χ1) is 10.9. The number of aromatic nitrogens is 2. The van der Waals surface area contributed by atoms with Gasteiger partial charge in [0.1, 0.15) is 11.4 Å². The minimum Gasteiger partial charge on any atom is -0.437 e. The molecule has 116 valence electrons. The van der Waals surface area contributed by atoms with E-state index in [9.17, 15) is 0 Å². The van der Waals surface area contributed by atoms with Crippen LogP contribution in [0.5, 0.6) is 11.6 Å². The number of rotatable bonds is 5. The van der Waals surface area contributed by atoms with Crippen LogP contribution in [0.25, 0.3) is 0 Å². The van der Waals surface area contributed by atoms with E-state index in [2.05, 4.69) is 14.9 Å². The van der Waals surface area contributed by atoms with Crippen molar-refractivity contribution in [2.45, 2.75) is 18.8 Å². The van der Waals surface area contributed by atoms with E-state index in [-0.39, 0.29) is 6.61 Å². The Labute approximate surface area is 130 Å². The first-order valence-electron chi connectivity index (χ1n) is 7.74. The molecule has 1 unspecified atom stereocenters. The van der Waals surface area contributed by atoms with Crippen molar-refractivity contribution in [1.29, 1.82) is 0 Å². The molecule has 5 nitrogen and oxygen atoms in total. The third-order valence-corrected chi connectivity index (χ3v) is 3.96.